The molecule has 5 heteroatoms. The molecule has 2 heterocycles. The number of hydrogen-bond donors (Lipinski definition) is 1. The first-order valence-corrected chi connectivity index (χ1v) is 6.60. The monoisotopic (exact) mass is 278 g/mol. The zero-order chi connectivity index (χ0) is 14.7. The number of hydrogen-bond acceptors (Lipinski definition) is 3. The highest BCUT2D eigenvalue weighted by atomic mass is 16.2. The van der Waals surface area contributed by atoms with Crippen LogP contribution < -0.4 is 11.4 Å². The van der Waals surface area contributed by atoms with E-state index in [1.165, 1.54) is 9.08 Å². The van der Waals surface area contributed by atoms with Gasteiger partial charge in [-0.25, -0.2) is 9.48 Å². The average molecular weight is 278 g/mol. The first-order valence-electron chi connectivity index (χ1n) is 6.60. The molecule has 3 rings (SSSR count). The fraction of sp³-hybridized carbons (Fsp3) is 0.125. The molecular weight excluding hydrogens is 264 g/mol. The van der Waals surface area contributed by atoms with E-state index in [-0.39, 0.29) is 5.69 Å². The Bertz CT molecular complexity index is 878. The highest BCUT2D eigenvalue weighted by Crippen LogP contribution is 2.05. The minimum absolute atomic E-state index is 0.141. The second-order valence-electron chi connectivity index (χ2n) is 4.57. The SMILES string of the molecule is NCC#Cc1ccc(Cn2nc3ccccn3c2=O)cc1. The van der Waals surface area contributed by atoms with Crippen LogP contribution in [-0.4, -0.2) is 20.7 Å². The Morgan fingerprint density at radius 2 is 1.95 bits per heavy atom. The Morgan fingerprint density at radius 3 is 2.67 bits per heavy atom. The highest BCUT2D eigenvalue weighted by Gasteiger charge is 2.06. The van der Waals surface area contributed by atoms with E-state index >= 15 is 0 Å². The second-order valence-corrected chi connectivity index (χ2v) is 4.57. The third-order valence-corrected chi connectivity index (χ3v) is 3.11. The van der Waals surface area contributed by atoms with Crippen LogP contribution in [0.5, 0.6) is 0 Å². The Kier molecular flexibility index (Phi) is 3.54. The van der Waals surface area contributed by atoms with Crippen LogP contribution in [0.25, 0.3) is 5.65 Å². The molecule has 0 spiro atoms. The summed E-state index contributed by atoms with van der Waals surface area (Å²) >= 11 is 0. The topological polar surface area (TPSA) is 65.3 Å². The van der Waals surface area contributed by atoms with Gasteiger partial charge in [0.25, 0.3) is 0 Å². The predicted molar refractivity (Wildman–Crippen MR) is 80.9 cm³/mol. The van der Waals surface area contributed by atoms with Crippen LogP contribution in [-0.2, 0) is 6.54 Å². The van der Waals surface area contributed by atoms with Gasteiger partial charge in [-0.1, -0.05) is 30.0 Å². The zero-order valence-corrected chi connectivity index (χ0v) is 11.4. The van der Waals surface area contributed by atoms with Gasteiger partial charge in [0.2, 0.25) is 0 Å². The molecule has 0 saturated carbocycles. The standard InChI is InChI=1S/C16H14N4O/c17-10-3-4-13-6-8-14(9-7-13)12-20-16(21)19-11-2-1-5-15(19)18-20/h1-2,5-9,11H,10,12,17H2. The molecule has 0 radical (unpaired) electrons. The molecular formula is C16H14N4O. The molecule has 0 atom stereocenters. The third kappa shape index (κ3) is 2.71. The van der Waals surface area contributed by atoms with Gasteiger partial charge < -0.3 is 5.73 Å². The van der Waals surface area contributed by atoms with Crippen molar-refractivity contribution in [1.82, 2.24) is 14.2 Å². The molecule has 1 aromatic carbocycles. The summed E-state index contributed by atoms with van der Waals surface area (Å²) in [6.45, 7) is 0.781. The lowest BCUT2D eigenvalue weighted by atomic mass is 10.1. The maximum atomic E-state index is 12.2. The van der Waals surface area contributed by atoms with Crippen molar-refractivity contribution >= 4 is 5.65 Å². The van der Waals surface area contributed by atoms with E-state index in [4.69, 9.17) is 5.73 Å². The molecule has 0 amide bonds. The van der Waals surface area contributed by atoms with Crippen molar-refractivity contribution in [1.29, 1.82) is 0 Å². The summed E-state index contributed by atoms with van der Waals surface area (Å²) < 4.78 is 2.98. The lowest BCUT2D eigenvalue weighted by Crippen LogP contribution is -2.21. The van der Waals surface area contributed by atoms with Gasteiger partial charge in [-0.2, -0.15) is 0 Å². The molecule has 0 fully saturated rings. The lowest BCUT2D eigenvalue weighted by molar-refractivity contribution is 0.658. The van der Waals surface area contributed by atoms with Crippen LogP contribution in [0, 0.1) is 11.8 Å². The van der Waals surface area contributed by atoms with Gasteiger partial charge in [0.1, 0.15) is 0 Å². The lowest BCUT2D eigenvalue weighted by Gasteiger charge is -2.00. The van der Waals surface area contributed by atoms with Crippen molar-refractivity contribution in [2.24, 2.45) is 5.73 Å². The van der Waals surface area contributed by atoms with Crippen LogP contribution in [0.15, 0.2) is 53.5 Å². The van der Waals surface area contributed by atoms with Crippen molar-refractivity contribution < 1.29 is 0 Å². The van der Waals surface area contributed by atoms with E-state index in [0.717, 1.165) is 11.1 Å². The summed E-state index contributed by atoms with van der Waals surface area (Å²) in [5, 5.41) is 4.30. The number of rotatable bonds is 2. The summed E-state index contributed by atoms with van der Waals surface area (Å²) in [6.07, 6.45) is 1.71. The predicted octanol–water partition coefficient (Wildman–Crippen LogP) is 0.854. The molecule has 0 bridgehead atoms. The maximum absolute atomic E-state index is 12.2. The molecule has 3 aromatic rings. The molecule has 0 aliphatic carbocycles. The van der Waals surface area contributed by atoms with E-state index in [1.54, 1.807) is 6.20 Å². The van der Waals surface area contributed by atoms with E-state index in [1.807, 2.05) is 42.5 Å². The zero-order valence-electron chi connectivity index (χ0n) is 11.4. The number of pyridine rings is 1. The smallest absolute Gasteiger partial charge is 0.320 e. The average Bonchev–Trinajstić information content (AvgIpc) is 2.83. The number of benzene rings is 1. The van der Waals surface area contributed by atoms with E-state index in [0.29, 0.717) is 18.7 Å². The molecule has 2 aromatic heterocycles. The summed E-state index contributed by atoms with van der Waals surface area (Å²) in [7, 11) is 0. The van der Waals surface area contributed by atoms with Crippen LogP contribution >= 0.6 is 0 Å². The largest absolute Gasteiger partial charge is 0.350 e. The van der Waals surface area contributed by atoms with Crippen LogP contribution in [0.4, 0.5) is 0 Å². The first-order chi connectivity index (χ1) is 10.3. The third-order valence-electron chi connectivity index (χ3n) is 3.11. The van der Waals surface area contributed by atoms with E-state index in [2.05, 4.69) is 16.9 Å². The summed E-state index contributed by atoms with van der Waals surface area (Å²) in [5.74, 6) is 5.77. The number of nitrogens with two attached hydrogens (primary N) is 1. The van der Waals surface area contributed by atoms with Gasteiger partial charge in [0.15, 0.2) is 5.65 Å². The number of nitrogens with zero attached hydrogens (tertiary/aromatic N) is 3. The Balaban J connectivity index is 1.88. The Labute approximate surface area is 121 Å². The molecule has 0 unspecified atom stereocenters. The molecule has 0 aliphatic heterocycles. The number of fused-ring (bicyclic) bond motifs is 1. The molecule has 5 nitrogen and oxygen atoms in total. The molecule has 21 heavy (non-hydrogen) atoms. The normalized spacial score (nSPS) is 10.3. The summed E-state index contributed by atoms with van der Waals surface area (Å²) in [4.78, 5) is 12.2. The van der Waals surface area contributed by atoms with Gasteiger partial charge in [-0.15, -0.1) is 5.10 Å². The molecule has 2 N–H and O–H groups in total. The van der Waals surface area contributed by atoms with Crippen LogP contribution in [0.2, 0.25) is 0 Å². The first kappa shape index (κ1) is 13.2. The Hall–Kier alpha value is -2.84. The van der Waals surface area contributed by atoms with Crippen molar-refractivity contribution in [3.8, 4) is 11.8 Å². The fourth-order valence-corrected chi connectivity index (χ4v) is 2.09. The Morgan fingerprint density at radius 1 is 1.14 bits per heavy atom. The second kappa shape index (κ2) is 5.65. The van der Waals surface area contributed by atoms with E-state index in [9.17, 15) is 4.79 Å². The van der Waals surface area contributed by atoms with Crippen LogP contribution in [0.3, 0.4) is 0 Å². The fourth-order valence-electron chi connectivity index (χ4n) is 2.09. The van der Waals surface area contributed by atoms with Gasteiger partial charge in [-0.05, 0) is 29.8 Å². The van der Waals surface area contributed by atoms with Crippen molar-refractivity contribution in [2.75, 3.05) is 6.54 Å². The van der Waals surface area contributed by atoms with Gasteiger partial charge >= 0.3 is 5.69 Å². The maximum Gasteiger partial charge on any atom is 0.350 e. The molecule has 0 saturated heterocycles. The minimum Gasteiger partial charge on any atom is -0.320 e. The summed E-state index contributed by atoms with van der Waals surface area (Å²) in [6, 6.07) is 13.2. The quantitative estimate of drug-likeness (QED) is 0.707. The van der Waals surface area contributed by atoms with Crippen molar-refractivity contribution in [3.05, 3.63) is 70.3 Å². The molecule has 104 valence electrons. The van der Waals surface area contributed by atoms with Crippen molar-refractivity contribution in [2.45, 2.75) is 6.54 Å². The van der Waals surface area contributed by atoms with Gasteiger partial charge in [0, 0.05) is 11.8 Å². The van der Waals surface area contributed by atoms with Crippen molar-refractivity contribution in [3.63, 3.8) is 0 Å². The number of aromatic nitrogens is 3. The van der Waals surface area contributed by atoms with Gasteiger partial charge in [0.05, 0.1) is 13.1 Å². The molecule has 0 aliphatic rings. The minimum atomic E-state index is -0.141. The highest BCUT2D eigenvalue weighted by molar-refractivity contribution is 5.37. The van der Waals surface area contributed by atoms with Gasteiger partial charge in [-0.3, -0.25) is 4.40 Å². The van der Waals surface area contributed by atoms with E-state index < -0.39 is 0 Å². The van der Waals surface area contributed by atoms with Crippen LogP contribution in [0.1, 0.15) is 11.1 Å². The summed E-state index contributed by atoms with van der Waals surface area (Å²) in [5.41, 5.74) is 7.75.